The molecular weight excluding hydrogens is 296 g/mol. The topological polar surface area (TPSA) is 81.7 Å². The highest BCUT2D eigenvalue weighted by molar-refractivity contribution is 6.06. The third-order valence-corrected chi connectivity index (χ3v) is 4.33. The number of piperazine rings is 1. The molecule has 2 aliphatic heterocycles. The van der Waals surface area contributed by atoms with Crippen molar-refractivity contribution in [3.63, 3.8) is 0 Å². The Balaban J connectivity index is 1.48. The number of rotatable bonds is 4. The lowest BCUT2D eigenvalue weighted by Gasteiger charge is -2.35. The Morgan fingerprint density at radius 1 is 1.13 bits per heavy atom. The number of nitrogens with zero attached hydrogens (tertiary/aromatic N) is 5. The molecule has 0 radical (unpaired) electrons. The van der Waals surface area contributed by atoms with Gasteiger partial charge in [-0.05, 0) is 13.8 Å². The van der Waals surface area contributed by atoms with Gasteiger partial charge >= 0.3 is 6.03 Å². The van der Waals surface area contributed by atoms with Gasteiger partial charge in [0.2, 0.25) is 0 Å². The van der Waals surface area contributed by atoms with E-state index < -0.39 is 5.54 Å². The van der Waals surface area contributed by atoms with E-state index in [1.165, 1.54) is 4.90 Å². The van der Waals surface area contributed by atoms with Gasteiger partial charge in [-0.3, -0.25) is 19.6 Å². The lowest BCUT2D eigenvalue weighted by molar-refractivity contribution is -0.130. The predicted octanol–water partition coefficient (Wildman–Crippen LogP) is -0.0710. The number of urea groups is 1. The molecule has 3 rings (SSSR count). The van der Waals surface area contributed by atoms with Crippen molar-refractivity contribution in [1.82, 2.24) is 25.1 Å². The first-order chi connectivity index (χ1) is 11.0. The number of nitrogens with one attached hydrogen (secondary N) is 1. The van der Waals surface area contributed by atoms with Crippen LogP contribution in [0, 0.1) is 0 Å². The molecule has 1 N–H and O–H groups in total. The molecule has 2 saturated heterocycles. The molecule has 124 valence electrons. The summed E-state index contributed by atoms with van der Waals surface area (Å²) in [5, 5.41) is 2.70. The zero-order chi connectivity index (χ0) is 16.4. The van der Waals surface area contributed by atoms with Gasteiger partial charge < -0.3 is 10.2 Å². The second-order valence-electron chi connectivity index (χ2n) is 6.40. The number of anilines is 1. The number of hydrogen-bond donors (Lipinski definition) is 1. The zero-order valence-corrected chi connectivity index (χ0v) is 13.5. The average molecular weight is 318 g/mol. The van der Waals surface area contributed by atoms with Crippen molar-refractivity contribution >= 4 is 17.8 Å². The molecule has 1 aromatic heterocycles. The quantitative estimate of drug-likeness (QED) is 0.783. The molecule has 1 aromatic rings. The summed E-state index contributed by atoms with van der Waals surface area (Å²) in [5.41, 5.74) is -0.790. The van der Waals surface area contributed by atoms with E-state index in [9.17, 15) is 9.59 Å². The van der Waals surface area contributed by atoms with Crippen LogP contribution in [0.2, 0.25) is 0 Å². The summed E-state index contributed by atoms with van der Waals surface area (Å²) in [4.78, 5) is 38.2. The monoisotopic (exact) mass is 318 g/mol. The van der Waals surface area contributed by atoms with Crippen LogP contribution in [0.3, 0.4) is 0 Å². The average Bonchev–Trinajstić information content (AvgIpc) is 2.75. The zero-order valence-electron chi connectivity index (χ0n) is 13.5. The Morgan fingerprint density at radius 2 is 1.87 bits per heavy atom. The third kappa shape index (κ3) is 3.26. The van der Waals surface area contributed by atoms with E-state index in [1.807, 2.05) is 0 Å². The van der Waals surface area contributed by atoms with Crippen molar-refractivity contribution in [3.8, 4) is 0 Å². The summed E-state index contributed by atoms with van der Waals surface area (Å²) in [6.07, 6.45) is 5.13. The second kappa shape index (κ2) is 6.11. The van der Waals surface area contributed by atoms with Crippen LogP contribution in [0.25, 0.3) is 0 Å². The number of carbonyl (C=O) groups excluding carboxylic acids is 2. The summed E-state index contributed by atoms with van der Waals surface area (Å²) in [5.74, 6) is 0.740. The molecule has 0 spiro atoms. The van der Waals surface area contributed by atoms with Crippen molar-refractivity contribution in [1.29, 1.82) is 0 Å². The Morgan fingerprint density at radius 3 is 2.43 bits per heavy atom. The largest absolute Gasteiger partial charge is 0.353 e. The highest BCUT2D eigenvalue weighted by Gasteiger charge is 2.44. The van der Waals surface area contributed by atoms with Crippen LogP contribution in [-0.2, 0) is 4.79 Å². The van der Waals surface area contributed by atoms with E-state index in [4.69, 9.17) is 0 Å². The molecule has 2 fully saturated rings. The smallest absolute Gasteiger partial charge is 0.325 e. The van der Waals surface area contributed by atoms with Gasteiger partial charge in [-0.25, -0.2) is 9.78 Å². The number of aromatic nitrogens is 2. The fraction of sp³-hybridized carbons (Fsp3) is 0.600. The van der Waals surface area contributed by atoms with Crippen LogP contribution in [0.4, 0.5) is 10.6 Å². The molecule has 8 heteroatoms. The van der Waals surface area contributed by atoms with Crippen molar-refractivity contribution in [2.45, 2.75) is 19.4 Å². The van der Waals surface area contributed by atoms with Crippen LogP contribution in [0.1, 0.15) is 13.8 Å². The molecule has 8 nitrogen and oxygen atoms in total. The number of imide groups is 1. The summed E-state index contributed by atoms with van der Waals surface area (Å²) >= 11 is 0. The number of carbonyl (C=O) groups is 2. The van der Waals surface area contributed by atoms with Gasteiger partial charge in [-0.2, -0.15) is 0 Å². The van der Waals surface area contributed by atoms with Gasteiger partial charge in [0.25, 0.3) is 5.91 Å². The van der Waals surface area contributed by atoms with Gasteiger partial charge in [-0.15, -0.1) is 0 Å². The van der Waals surface area contributed by atoms with Gasteiger partial charge in [0.1, 0.15) is 11.4 Å². The molecular formula is C15H22N6O2. The maximum atomic E-state index is 12.1. The van der Waals surface area contributed by atoms with Crippen molar-refractivity contribution in [2.24, 2.45) is 0 Å². The second-order valence-corrected chi connectivity index (χ2v) is 6.40. The molecule has 0 aromatic carbocycles. The van der Waals surface area contributed by atoms with Crippen molar-refractivity contribution in [3.05, 3.63) is 18.6 Å². The summed E-state index contributed by atoms with van der Waals surface area (Å²) in [6.45, 7) is 8.07. The molecule has 0 unspecified atom stereocenters. The molecule has 3 amide bonds. The van der Waals surface area contributed by atoms with Gasteiger partial charge in [0, 0.05) is 51.7 Å². The van der Waals surface area contributed by atoms with E-state index in [0.717, 1.165) is 32.0 Å². The highest BCUT2D eigenvalue weighted by Crippen LogP contribution is 2.17. The van der Waals surface area contributed by atoms with Crippen molar-refractivity contribution in [2.75, 3.05) is 44.2 Å². The van der Waals surface area contributed by atoms with E-state index in [-0.39, 0.29) is 11.9 Å². The molecule has 3 heterocycles. The van der Waals surface area contributed by atoms with Crippen LogP contribution >= 0.6 is 0 Å². The summed E-state index contributed by atoms with van der Waals surface area (Å²) in [6, 6.07) is -0.293. The normalized spacial score (nSPS) is 21.7. The Bertz CT molecular complexity index is 583. The lowest BCUT2D eigenvalue weighted by Crippen LogP contribution is -2.49. The molecule has 0 bridgehead atoms. The lowest BCUT2D eigenvalue weighted by atomic mass is 10.1. The standard InChI is InChI=1S/C15H22N6O2/c1-15(2)13(22)21(14(23)18-15)10-7-19-5-8-20(9-6-19)12-11-16-3-4-17-12/h3-4,11H,5-10H2,1-2H3,(H,18,23). The van der Waals surface area contributed by atoms with E-state index >= 15 is 0 Å². The van der Waals surface area contributed by atoms with Crippen LogP contribution < -0.4 is 10.2 Å². The minimum absolute atomic E-state index is 0.152. The summed E-state index contributed by atoms with van der Waals surface area (Å²) in [7, 11) is 0. The van der Waals surface area contributed by atoms with Crippen LogP contribution in [0.5, 0.6) is 0 Å². The van der Waals surface area contributed by atoms with E-state index in [1.54, 1.807) is 32.4 Å². The van der Waals surface area contributed by atoms with E-state index in [2.05, 4.69) is 25.1 Å². The first-order valence-corrected chi connectivity index (χ1v) is 7.85. The van der Waals surface area contributed by atoms with Gasteiger partial charge in [0.15, 0.2) is 0 Å². The Labute approximate surface area is 135 Å². The molecule has 0 atom stereocenters. The third-order valence-electron chi connectivity index (χ3n) is 4.33. The number of amides is 3. The van der Waals surface area contributed by atoms with Crippen molar-refractivity contribution < 1.29 is 9.59 Å². The highest BCUT2D eigenvalue weighted by atomic mass is 16.2. The number of hydrogen-bond acceptors (Lipinski definition) is 6. The van der Waals surface area contributed by atoms with Gasteiger partial charge in [-0.1, -0.05) is 0 Å². The first kappa shape index (κ1) is 15.7. The van der Waals surface area contributed by atoms with Crippen LogP contribution in [-0.4, -0.2) is 76.5 Å². The minimum Gasteiger partial charge on any atom is -0.353 e. The maximum Gasteiger partial charge on any atom is 0.325 e. The first-order valence-electron chi connectivity index (χ1n) is 7.85. The fourth-order valence-corrected chi connectivity index (χ4v) is 2.92. The Kier molecular flexibility index (Phi) is 4.16. The molecule has 23 heavy (non-hydrogen) atoms. The fourth-order valence-electron chi connectivity index (χ4n) is 2.92. The summed E-state index contributed by atoms with van der Waals surface area (Å²) < 4.78 is 0. The molecule has 2 aliphatic rings. The molecule has 0 aliphatic carbocycles. The van der Waals surface area contributed by atoms with Gasteiger partial charge in [0.05, 0.1) is 6.20 Å². The van der Waals surface area contributed by atoms with Crippen LogP contribution in [0.15, 0.2) is 18.6 Å². The van der Waals surface area contributed by atoms with E-state index in [0.29, 0.717) is 13.1 Å². The SMILES string of the molecule is CC1(C)NC(=O)N(CCN2CCN(c3cnccn3)CC2)C1=O. The predicted molar refractivity (Wildman–Crippen MR) is 85.0 cm³/mol. The Hall–Kier alpha value is -2.22. The molecule has 0 saturated carbocycles. The maximum absolute atomic E-state index is 12.1. The minimum atomic E-state index is -0.790.